The van der Waals surface area contributed by atoms with E-state index in [9.17, 15) is 0 Å². The molecule has 0 radical (unpaired) electrons. The van der Waals surface area contributed by atoms with Gasteiger partial charge in [-0.15, -0.1) is 11.6 Å². The minimum Gasteiger partial charge on any atom is -0.301 e. The van der Waals surface area contributed by atoms with Crippen molar-refractivity contribution in [1.29, 1.82) is 0 Å². The zero-order valence-corrected chi connectivity index (χ0v) is 10.2. The van der Waals surface area contributed by atoms with Crippen LogP contribution < -0.4 is 0 Å². The van der Waals surface area contributed by atoms with E-state index in [1.807, 2.05) is 6.92 Å². The van der Waals surface area contributed by atoms with Crippen molar-refractivity contribution >= 4 is 11.6 Å². The van der Waals surface area contributed by atoms with Crippen molar-refractivity contribution < 1.29 is 0 Å². The molecule has 3 saturated heterocycles. The Hall–Kier alpha value is -0.670. The molecule has 2 bridgehead atoms. The Labute approximate surface area is 101 Å². The number of aromatic nitrogens is 2. The maximum Gasteiger partial charge on any atom is 0.104 e. The van der Waals surface area contributed by atoms with E-state index in [0.29, 0.717) is 5.92 Å². The summed E-state index contributed by atoms with van der Waals surface area (Å²) in [7, 11) is 0. The molecule has 4 rings (SSSR count). The van der Waals surface area contributed by atoms with Crippen LogP contribution in [0.5, 0.6) is 0 Å². The number of rotatable bonds is 1. The van der Waals surface area contributed by atoms with Gasteiger partial charge in [-0.25, -0.2) is 0 Å². The lowest BCUT2D eigenvalue weighted by molar-refractivity contribution is 0.0641. The van der Waals surface area contributed by atoms with Gasteiger partial charge in [0.1, 0.15) is 4.87 Å². The predicted octanol–water partition coefficient (Wildman–Crippen LogP) is 1.94. The van der Waals surface area contributed by atoms with Gasteiger partial charge in [-0.1, -0.05) is 0 Å². The van der Waals surface area contributed by atoms with Gasteiger partial charge in [0, 0.05) is 18.9 Å². The Balaban J connectivity index is 2.02. The summed E-state index contributed by atoms with van der Waals surface area (Å²) in [5.74, 6) is 0.564. The summed E-state index contributed by atoms with van der Waals surface area (Å²) in [6, 6.07) is 0. The molecule has 3 nitrogen and oxygen atoms in total. The summed E-state index contributed by atoms with van der Waals surface area (Å²) in [4.78, 5) is 10.9. The van der Waals surface area contributed by atoms with E-state index in [0.717, 1.165) is 17.9 Å². The van der Waals surface area contributed by atoms with Crippen molar-refractivity contribution in [3.05, 3.63) is 23.8 Å². The van der Waals surface area contributed by atoms with Gasteiger partial charge in [0.15, 0.2) is 0 Å². The highest BCUT2D eigenvalue weighted by atomic mass is 35.5. The molecular weight excluding hydrogens is 222 g/mol. The predicted molar refractivity (Wildman–Crippen MR) is 63.5 cm³/mol. The summed E-state index contributed by atoms with van der Waals surface area (Å²) >= 11 is 6.86. The number of fused-ring (bicyclic) bond motifs is 3. The highest BCUT2D eigenvalue weighted by molar-refractivity contribution is 6.24. The van der Waals surface area contributed by atoms with Gasteiger partial charge >= 0.3 is 0 Å². The van der Waals surface area contributed by atoms with E-state index >= 15 is 0 Å². The molecule has 0 saturated carbocycles. The number of hydrogen-bond acceptors (Lipinski definition) is 3. The summed E-state index contributed by atoms with van der Waals surface area (Å²) in [6.07, 6.45) is 5.88. The number of hydrogen-bond donors (Lipinski definition) is 0. The average molecular weight is 238 g/mol. The fraction of sp³-hybridized carbons (Fsp3) is 0.667. The molecule has 3 aliphatic heterocycles. The first-order chi connectivity index (χ1) is 7.70. The maximum atomic E-state index is 6.86. The molecular formula is C12H16ClN3. The molecule has 0 N–H and O–H groups in total. The highest BCUT2D eigenvalue weighted by Crippen LogP contribution is 2.47. The minimum absolute atomic E-state index is 0.297. The lowest BCUT2D eigenvalue weighted by Gasteiger charge is -2.49. The highest BCUT2D eigenvalue weighted by Gasteiger charge is 2.48. The number of alkyl halides is 1. The van der Waals surface area contributed by atoms with Gasteiger partial charge in [-0.05, 0) is 38.8 Å². The molecule has 4 heteroatoms. The first-order valence-corrected chi connectivity index (χ1v) is 6.27. The second kappa shape index (κ2) is 3.67. The van der Waals surface area contributed by atoms with Crippen LogP contribution in [0.25, 0.3) is 0 Å². The van der Waals surface area contributed by atoms with E-state index in [4.69, 9.17) is 11.6 Å². The molecule has 4 heterocycles. The Morgan fingerprint density at radius 2 is 2.00 bits per heavy atom. The van der Waals surface area contributed by atoms with Crippen molar-refractivity contribution in [3.63, 3.8) is 0 Å². The van der Waals surface area contributed by atoms with E-state index in [2.05, 4.69) is 14.9 Å². The van der Waals surface area contributed by atoms with Crippen LogP contribution in [0.15, 0.2) is 12.4 Å². The topological polar surface area (TPSA) is 29.0 Å². The van der Waals surface area contributed by atoms with Crippen molar-refractivity contribution in [2.45, 2.75) is 24.6 Å². The van der Waals surface area contributed by atoms with Crippen LogP contribution in [0.2, 0.25) is 0 Å². The van der Waals surface area contributed by atoms with Gasteiger partial charge in [-0.2, -0.15) is 0 Å². The lowest BCUT2D eigenvalue weighted by Crippen LogP contribution is -2.54. The number of aryl methyl sites for hydroxylation is 1. The molecule has 1 aromatic rings. The van der Waals surface area contributed by atoms with Crippen LogP contribution in [0.1, 0.15) is 24.2 Å². The minimum atomic E-state index is -0.297. The summed E-state index contributed by atoms with van der Waals surface area (Å²) in [5, 5.41) is 0. The van der Waals surface area contributed by atoms with E-state index in [-0.39, 0.29) is 4.87 Å². The molecule has 1 atom stereocenters. The third-order valence-electron chi connectivity index (χ3n) is 3.96. The Kier molecular flexibility index (Phi) is 2.41. The standard InChI is InChI=1S/C12H16ClN3/c1-9-11(15-5-4-14-9)12(13)8-16-6-2-10(12)3-7-16/h4-5,10H,2-3,6-8H2,1H3. The monoisotopic (exact) mass is 237 g/mol. The number of piperidine rings is 3. The van der Waals surface area contributed by atoms with Crippen LogP contribution in [0, 0.1) is 12.8 Å². The first kappa shape index (κ1) is 10.5. The van der Waals surface area contributed by atoms with Crippen molar-refractivity contribution in [3.8, 4) is 0 Å². The molecule has 0 spiro atoms. The normalized spacial score (nSPS) is 37.6. The third-order valence-corrected chi connectivity index (χ3v) is 4.57. The van der Waals surface area contributed by atoms with Crippen LogP contribution in [0.4, 0.5) is 0 Å². The van der Waals surface area contributed by atoms with Gasteiger partial charge in [0.05, 0.1) is 11.4 Å². The van der Waals surface area contributed by atoms with Gasteiger partial charge in [-0.3, -0.25) is 9.97 Å². The fourth-order valence-electron chi connectivity index (χ4n) is 3.09. The molecule has 16 heavy (non-hydrogen) atoms. The maximum absolute atomic E-state index is 6.86. The average Bonchev–Trinajstić information content (AvgIpc) is 2.30. The number of nitrogens with zero attached hydrogens (tertiary/aromatic N) is 3. The second-order valence-corrected chi connectivity index (χ2v) is 5.58. The zero-order chi connectivity index (χ0) is 11.2. The van der Waals surface area contributed by atoms with Crippen molar-refractivity contribution in [2.24, 2.45) is 5.92 Å². The summed E-state index contributed by atoms with van der Waals surface area (Å²) in [6.45, 7) is 5.32. The van der Waals surface area contributed by atoms with E-state index in [1.54, 1.807) is 12.4 Å². The molecule has 0 aliphatic carbocycles. The molecule has 3 fully saturated rings. The van der Waals surface area contributed by atoms with Crippen LogP contribution in [-0.4, -0.2) is 34.5 Å². The quantitative estimate of drug-likeness (QED) is 0.699. The van der Waals surface area contributed by atoms with E-state index in [1.165, 1.54) is 25.9 Å². The molecule has 1 aromatic heterocycles. The fourth-order valence-corrected chi connectivity index (χ4v) is 3.66. The van der Waals surface area contributed by atoms with Gasteiger partial charge in [0.2, 0.25) is 0 Å². The van der Waals surface area contributed by atoms with Gasteiger partial charge in [0.25, 0.3) is 0 Å². The zero-order valence-electron chi connectivity index (χ0n) is 9.49. The van der Waals surface area contributed by atoms with Crippen molar-refractivity contribution in [2.75, 3.05) is 19.6 Å². The molecule has 86 valence electrons. The Morgan fingerprint density at radius 1 is 1.31 bits per heavy atom. The largest absolute Gasteiger partial charge is 0.301 e. The third kappa shape index (κ3) is 1.45. The first-order valence-electron chi connectivity index (χ1n) is 5.89. The number of halogens is 1. The molecule has 0 amide bonds. The molecule has 1 unspecified atom stereocenters. The summed E-state index contributed by atoms with van der Waals surface area (Å²) < 4.78 is 0. The molecule has 0 aromatic carbocycles. The van der Waals surface area contributed by atoms with Crippen molar-refractivity contribution in [1.82, 2.24) is 14.9 Å². The van der Waals surface area contributed by atoms with Crippen LogP contribution >= 0.6 is 11.6 Å². The Morgan fingerprint density at radius 3 is 2.56 bits per heavy atom. The molecule has 3 aliphatic rings. The van der Waals surface area contributed by atoms with Gasteiger partial charge < -0.3 is 4.90 Å². The summed E-state index contributed by atoms with van der Waals surface area (Å²) in [5.41, 5.74) is 1.97. The Bertz CT molecular complexity index is 401. The SMILES string of the molecule is Cc1nccnc1C1(Cl)CN2CCC1CC2. The van der Waals surface area contributed by atoms with Crippen LogP contribution in [-0.2, 0) is 4.87 Å². The smallest absolute Gasteiger partial charge is 0.104 e. The second-order valence-electron chi connectivity index (χ2n) is 4.90. The van der Waals surface area contributed by atoms with E-state index < -0.39 is 0 Å². The van der Waals surface area contributed by atoms with Crippen LogP contribution in [0.3, 0.4) is 0 Å². The lowest BCUT2D eigenvalue weighted by atomic mass is 9.76.